The van der Waals surface area contributed by atoms with Gasteiger partial charge in [0.1, 0.15) is 0 Å². The first-order valence-electron chi connectivity index (χ1n) is 5.58. The lowest BCUT2D eigenvalue weighted by molar-refractivity contribution is 1.07. The molecule has 0 spiro atoms. The van der Waals surface area contributed by atoms with E-state index in [-0.39, 0.29) is 0 Å². The Bertz CT molecular complexity index is 612. The molecule has 2 aromatic carbocycles. The van der Waals surface area contributed by atoms with Gasteiger partial charge in [0.05, 0.1) is 20.1 Å². The molecule has 0 bridgehead atoms. The van der Waals surface area contributed by atoms with Gasteiger partial charge in [0.25, 0.3) is 0 Å². The molecule has 0 amide bonds. The van der Waals surface area contributed by atoms with Gasteiger partial charge in [-0.3, -0.25) is 0 Å². The zero-order valence-corrected chi connectivity index (χ0v) is 13.1. The fourth-order valence-corrected chi connectivity index (χ4v) is 2.96. The molecule has 0 fully saturated rings. The van der Waals surface area contributed by atoms with E-state index in [0.29, 0.717) is 32.2 Å². The van der Waals surface area contributed by atoms with Crippen LogP contribution in [0.25, 0.3) is 11.1 Å². The zero-order valence-electron chi connectivity index (χ0n) is 10.1. The van der Waals surface area contributed by atoms with Gasteiger partial charge in [-0.05, 0) is 29.7 Å². The van der Waals surface area contributed by atoms with Crippen LogP contribution >= 0.6 is 46.4 Å². The Balaban J connectivity index is 2.72. The highest BCUT2D eigenvalue weighted by atomic mass is 35.5. The van der Waals surface area contributed by atoms with Gasteiger partial charge in [0.2, 0.25) is 0 Å². The summed E-state index contributed by atoms with van der Waals surface area (Å²) in [7, 11) is 0. The van der Waals surface area contributed by atoms with Crippen LogP contribution in [0.3, 0.4) is 0 Å². The van der Waals surface area contributed by atoms with Crippen molar-refractivity contribution in [2.45, 2.75) is 13.5 Å². The van der Waals surface area contributed by atoms with Crippen molar-refractivity contribution in [3.63, 3.8) is 0 Å². The van der Waals surface area contributed by atoms with E-state index in [0.717, 1.165) is 16.7 Å². The maximum Gasteiger partial charge on any atom is 0.0686 e. The molecular formula is C14H11Cl4N. The van der Waals surface area contributed by atoms with E-state index in [1.807, 2.05) is 25.1 Å². The molecule has 2 N–H and O–H groups in total. The number of nitrogens with two attached hydrogens (primary N) is 1. The number of benzene rings is 2. The van der Waals surface area contributed by atoms with Crippen molar-refractivity contribution in [1.82, 2.24) is 0 Å². The lowest BCUT2D eigenvalue weighted by Gasteiger charge is -2.13. The summed E-state index contributed by atoms with van der Waals surface area (Å²) in [6.07, 6.45) is 0. The SMILES string of the molecule is Cc1cc(CN)ccc1-c1c(Cl)c(Cl)cc(Cl)c1Cl. The fraction of sp³-hybridized carbons (Fsp3) is 0.143. The van der Waals surface area contributed by atoms with Gasteiger partial charge < -0.3 is 5.73 Å². The Kier molecular flexibility index (Phi) is 4.65. The smallest absolute Gasteiger partial charge is 0.0686 e. The Morgan fingerprint density at radius 3 is 2.00 bits per heavy atom. The summed E-state index contributed by atoms with van der Waals surface area (Å²) >= 11 is 24.6. The second-order valence-corrected chi connectivity index (χ2v) is 5.77. The van der Waals surface area contributed by atoms with Crippen LogP contribution in [-0.4, -0.2) is 0 Å². The molecule has 0 atom stereocenters. The van der Waals surface area contributed by atoms with Crippen LogP contribution in [0.4, 0.5) is 0 Å². The summed E-state index contributed by atoms with van der Waals surface area (Å²) in [5, 5.41) is 1.57. The molecule has 0 heterocycles. The van der Waals surface area contributed by atoms with Crippen LogP contribution < -0.4 is 5.73 Å². The van der Waals surface area contributed by atoms with Crippen LogP contribution in [0.1, 0.15) is 11.1 Å². The first kappa shape index (κ1) is 15.0. The van der Waals surface area contributed by atoms with Gasteiger partial charge in [0.15, 0.2) is 0 Å². The Hall–Kier alpha value is -0.440. The Labute approximate surface area is 132 Å². The van der Waals surface area contributed by atoms with Gasteiger partial charge in [-0.15, -0.1) is 0 Å². The summed E-state index contributed by atoms with van der Waals surface area (Å²) in [5.74, 6) is 0. The lowest BCUT2D eigenvalue weighted by atomic mass is 9.98. The number of hydrogen-bond donors (Lipinski definition) is 1. The van der Waals surface area contributed by atoms with Crippen LogP contribution in [0.2, 0.25) is 20.1 Å². The van der Waals surface area contributed by atoms with Crippen LogP contribution in [0.15, 0.2) is 24.3 Å². The summed E-state index contributed by atoms with van der Waals surface area (Å²) in [6.45, 7) is 2.45. The minimum atomic E-state index is 0.383. The maximum absolute atomic E-state index is 6.25. The molecule has 0 aliphatic carbocycles. The largest absolute Gasteiger partial charge is 0.326 e. The molecule has 0 aromatic heterocycles. The first-order valence-corrected chi connectivity index (χ1v) is 7.09. The van der Waals surface area contributed by atoms with Crippen molar-refractivity contribution >= 4 is 46.4 Å². The van der Waals surface area contributed by atoms with Gasteiger partial charge in [-0.2, -0.15) is 0 Å². The van der Waals surface area contributed by atoms with E-state index in [9.17, 15) is 0 Å². The number of rotatable bonds is 2. The van der Waals surface area contributed by atoms with Crippen LogP contribution in [0.5, 0.6) is 0 Å². The molecule has 5 heteroatoms. The predicted molar refractivity (Wildman–Crippen MR) is 84.5 cm³/mol. The average Bonchev–Trinajstić information content (AvgIpc) is 2.38. The van der Waals surface area contributed by atoms with Crippen molar-refractivity contribution in [2.24, 2.45) is 5.73 Å². The number of halogens is 4. The summed E-state index contributed by atoms with van der Waals surface area (Å²) in [5.41, 5.74) is 9.24. The van der Waals surface area contributed by atoms with Gasteiger partial charge in [0, 0.05) is 12.1 Å². The van der Waals surface area contributed by atoms with Crippen molar-refractivity contribution in [3.05, 3.63) is 55.5 Å². The third kappa shape index (κ3) is 2.86. The molecule has 19 heavy (non-hydrogen) atoms. The second-order valence-electron chi connectivity index (χ2n) is 4.20. The highest BCUT2D eigenvalue weighted by Gasteiger charge is 2.17. The van der Waals surface area contributed by atoms with Crippen molar-refractivity contribution < 1.29 is 0 Å². The molecule has 2 aromatic rings. The normalized spacial score (nSPS) is 10.8. The second kappa shape index (κ2) is 5.90. The van der Waals surface area contributed by atoms with Crippen molar-refractivity contribution in [2.75, 3.05) is 0 Å². The molecule has 0 unspecified atom stereocenters. The van der Waals surface area contributed by atoms with Crippen molar-refractivity contribution in [3.8, 4) is 11.1 Å². The average molecular weight is 335 g/mol. The summed E-state index contributed by atoms with van der Waals surface area (Å²) < 4.78 is 0. The minimum absolute atomic E-state index is 0.383. The molecule has 0 saturated heterocycles. The van der Waals surface area contributed by atoms with Gasteiger partial charge in [-0.25, -0.2) is 0 Å². The van der Waals surface area contributed by atoms with E-state index < -0.39 is 0 Å². The standard InChI is InChI=1S/C14H11Cl4N/c1-7-4-8(6-19)2-3-9(7)12-13(17)10(15)5-11(16)14(12)18/h2-5H,6,19H2,1H3. The molecule has 0 aliphatic heterocycles. The molecule has 0 saturated carbocycles. The van der Waals surface area contributed by atoms with E-state index in [1.54, 1.807) is 6.07 Å². The summed E-state index contributed by atoms with van der Waals surface area (Å²) in [4.78, 5) is 0. The fourth-order valence-electron chi connectivity index (χ4n) is 1.94. The van der Waals surface area contributed by atoms with Gasteiger partial charge in [-0.1, -0.05) is 64.6 Å². The quantitative estimate of drug-likeness (QED) is 0.697. The molecule has 2 rings (SSSR count). The van der Waals surface area contributed by atoms with E-state index >= 15 is 0 Å². The highest BCUT2D eigenvalue weighted by Crippen LogP contribution is 2.44. The number of hydrogen-bond acceptors (Lipinski definition) is 1. The topological polar surface area (TPSA) is 26.0 Å². The first-order chi connectivity index (χ1) is 8.95. The van der Waals surface area contributed by atoms with Crippen LogP contribution in [0, 0.1) is 6.92 Å². The molecule has 0 radical (unpaired) electrons. The molecule has 100 valence electrons. The van der Waals surface area contributed by atoms with E-state index in [1.165, 1.54) is 0 Å². The lowest BCUT2D eigenvalue weighted by Crippen LogP contribution is -1.97. The molecular weight excluding hydrogens is 324 g/mol. The Morgan fingerprint density at radius 2 is 1.53 bits per heavy atom. The number of aryl methyl sites for hydroxylation is 1. The third-order valence-electron chi connectivity index (χ3n) is 2.91. The molecule has 0 aliphatic rings. The monoisotopic (exact) mass is 333 g/mol. The van der Waals surface area contributed by atoms with Crippen molar-refractivity contribution in [1.29, 1.82) is 0 Å². The predicted octanol–water partition coefficient (Wildman–Crippen LogP) is 5.73. The van der Waals surface area contributed by atoms with Gasteiger partial charge >= 0.3 is 0 Å². The van der Waals surface area contributed by atoms with E-state index in [4.69, 9.17) is 52.1 Å². The maximum atomic E-state index is 6.25. The zero-order chi connectivity index (χ0) is 14.2. The van der Waals surface area contributed by atoms with E-state index in [2.05, 4.69) is 0 Å². The minimum Gasteiger partial charge on any atom is -0.326 e. The van der Waals surface area contributed by atoms with Crippen LogP contribution in [-0.2, 0) is 6.54 Å². The molecule has 1 nitrogen and oxygen atoms in total. The highest BCUT2D eigenvalue weighted by molar-refractivity contribution is 6.50. The Morgan fingerprint density at radius 1 is 0.947 bits per heavy atom. The summed E-state index contributed by atoms with van der Waals surface area (Å²) in [6, 6.07) is 7.40. The third-order valence-corrected chi connectivity index (χ3v) is 4.48.